The van der Waals surface area contributed by atoms with E-state index >= 15 is 0 Å². The Bertz CT molecular complexity index is 1090. The van der Waals surface area contributed by atoms with Gasteiger partial charge in [-0.05, 0) is 42.0 Å². The lowest BCUT2D eigenvalue weighted by Gasteiger charge is -2.03. The van der Waals surface area contributed by atoms with Gasteiger partial charge < -0.3 is 0 Å². The molecule has 0 N–H and O–H groups in total. The first-order valence-electron chi connectivity index (χ1n) is 8.40. The van der Waals surface area contributed by atoms with Gasteiger partial charge in [0.2, 0.25) is 0 Å². The van der Waals surface area contributed by atoms with Crippen molar-refractivity contribution in [3.05, 3.63) is 101 Å². The Labute approximate surface area is 161 Å². The van der Waals surface area contributed by atoms with Gasteiger partial charge in [0.25, 0.3) is 0 Å². The fraction of sp³-hybridized carbons (Fsp3) is 0. The van der Waals surface area contributed by atoms with E-state index in [4.69, 9.17) is 16.7 Å². The van der Waals surface area contributed by atoms with Gasteiger partial charge in [0.15, 0.2) is 5.82 Å². The monoisotopic (exact) mass is 375 g/mol. The summed E-state index contributed by atoms with van der Waals surface area (Å²) < 4.78 is 15.2. The molecule has 132 valence electrons. The molecule has 0 aliphatic carbocycles. The smallest absolute Gasteiger partial charge is 0.156 e. The van der Waals surface area contributed by atoms with E-state index in [2.05, 4.69) is 4.99 Å². The first kappa shape index (κ1) is 17.2. The summed E-state index contributed by atoms with van der Waals surface area (Å²) in [6.07, 6.45) is 1.63. The van der Waals surface area contributed by atoms with Crippen LogP contribution in [0.1, 0.15) is 5.56 Å². The van der Waals surface area contributed by atoms with Crippen molar-refractivity contribution in [1.82, 2.24) is 9.78 Å². The third kappa shape index (κ3) is 3.96. The quantitative estimate of drug-likeness (QED) is 0.397. The number of hydrogen-bond donors (Lipinski definition) is 0. The number of nitrogens with zero attached hydrogens (tertiary/aromatic N) is 3. The molecule has 0 atom stereocenters. The minimum absolute atomic E-state index is 0.294. The van der Waals surface area contributed by atoms with Gasteiger partial charge in [0, 0.05) is 22.9 Å². The molecule has 27 heavy (non-hydrogen) atoms. The summed E-state index contributed by atoms with van der Waals surface area (Å²) in [5.74, 6) is 0.354. The zero-order chi connectivity index (χ0) is 18.6. The van der Waals surface area contributed by atoms with Gasteiger partial charge in [-0.25, -0.2) is 14.1 Å². The Morgan fingerprint density at radius 2 is 1.67 bits per heavy atom. The average Bonchev–Trinajstić information content (AvgIpc) is 3.12. The first-order valence-corrected chi connectivity index (χ1v) is 8.78. The highest BCUT2D eigenvalue weighted by atomic mass is 35.5. The van der Waals surface area contributed by atoms with Gasteiger partial charge in [-0.1, -0.05) is 54.1 Å². The molecule has 3 aromatic carbocycles. The third-order valence-corrected chi connectivity index (χ3v) is 4.28. The molecule has 0 saturated heterocycles. The minimum Gasteiger partial charge on any atom is -0.236 e. The second-order valence-electron chi connectivity index (χ2n) is 5.96. The van der Waals surface area contributed by atoms with E-state index in [0.29, 0.717) is 16.4 Å². The summed E-state index contributed by atoms with van der Waals surface area (Å²) in [6, 6.07) is 25.4. The Morgan fingerprint density at radius 1 is 0.889 bits per heavy atom. The Balaban J connectivity index is 1.77. The van der Waals surface area contributed by atoms with Gasteiger partial charge in [-0.15, -0.1) is 0 Å². The Hall–Kier alpha value is -3.24. The molecule has 0 fully saturated rings. The van der Waals surface area contributed by atoms with Crippen molar-refractivity contribution in [3.8, 4) is 16.9 Å². The molecule has 0 aliphatic heterocycles. The summed E-state index contributed by atoms with van der Waals surface area (Å²) in [7, 11) is 0. The molecule has 4 aromatic rings. The van der Waals surface area contributed by atoms with E-state index in [0.717, 1.165) is 16.9 Å². The average molecular weight is 376 g/mol. The van der Waals surface area contributed by atoms with Crippen molar-refractivity contribution in [2.75, 3.05) is 0 Å². The lowest BCUT2D eigenvalue weighted by molar-refractivity contribution is 0.627. The van der Waals surface area contributed by atoms with Crippen LogP contribution in [0.15, 0.2) is 89.9 Å². The summed E-state index contributed by atoms with van der Waals surface area (Å²) in [5.41, 5.74) is 3.30. The predicted molar refractivity (Wildman–Crippen MR) is 108 cm³/mol. The second-order valence-corrected chi connectivity index (χ2v) is 6.39. The standard InChI is InChI=1S/C22H15ClFN3/c23-18-11-9-17(10-12-18)21-14-22(25-15-16-5-4-6-19(24)13-16)27(26-21)20-7-2-1-3-8-20/h1-15H. The van der Waals surface area contributed by atoms with Crippen molar-refractivity contribution in [2.24, 2.45) is 4.99 Å². The molecular weight excluding hydrogens is 361 g/mol. The van der Waals surface area contributed by atoms with Gasteiger partial charge in [0.1, 0.15) is 5.82 Å². The van der Waals surface area contributed by atoms with Crippen molar-refractivity contribution in [3.63, 3.8) is 0 Å². The zero-order valence-electron chi connectivity index (χ0n) is 14.3. The maximum absolute atomic E-state index is 13.4. The summed E-state index contributed by atoms with van der Waals surface area (Å²) >= 11 is 5.98. The predicted octanol–water partition coefficient (Wildman–Crippen LogP) is 6.08. The number of benzene rings is 3. The summed E-state index contributed by atoms with van der Waals surface area (Å²) in [6.45, 7) is 0. The third-order valence-electron chi connectivity index (χ3n) is 4.03. The van der Waals surface area contributed by atoms with Crippen LogP contribution in [0.5, 0.6) is 0 Å². The van der Waals surface area contributed by atoms with Crippen LogP contribution in [0, 0.1) is 5.82 Å². The largest absolute Gasteiger partial charge is 0.236 e. The molecular formula is C22H15ClFN3. The molecule has 0 spiro atoms. The molecule has 0 unspecified atom stereocenters. The summed E-state index contributed by atoms with van der Waals surface area (Å²) in [5, 5.41) is 5.37. The van der Waals surface area contributed by atoms with Crippen LogP contribution in [0.2, 0.25) is 5.02 Å². The Kier molecular flexibility index (Phi) is 4.81. The number of hydrogen-bond acceptors (Lipinski definition) is 2. The topological polar surface area (TPSA) is 30.2 Å². The van der Waals surface area contributed by atoms with E-state index in [9.17, 15) is 4.39 Å². The number of halogens is 2. The number of para-hydroxylation sites is 1. The van der Waals surface area contributed by atoms with Crippen molar-refractivity contribution in [2.45, 2.75) is 0 Å². The van der Waals surface area contributed by atoms with Crippen molar-refractivity contribution >= 4 is 23.6 Å². The highest BCUT2D eigenvalue weighted by molar-refractivity contribution is 6.30. The maximum Gasteiger partial charge on any atom is 0.156 e. The normalized spacial score (nSPS) is 11.2. The van der Waals surface area contributed by atoms with Crippen molar-refractivity contribution in [1.29, 1.82) is 0 Å². The van der Waals surface area contributed by atoms with Crippen LogP contribution >= 0.6 is 11.6 Å². The van der Waals surface area contributed by atoms with Crippen LogP contribution in [0.25, 0.3) is 16.9 Å². The van der Waals surface area contributed by atoms with E-state index in [-0.39, 0.29) is 5.82 Å². The Morgan fingerprint density at radius 3 is 2.41 bits per heavy atom. The highest BCUT2D eigenvalue weighted by Gasteiger charge is 2.10. The molecule has 0 saturated carbocycles. The first-order chi connectivity index (χ1) is 13.2. The van der Waals surface area contributed by atoms with E-state index < -0.39 is 0 Å². The van der Waals surface area contributed by atoms with Crippen molar-refractivity contribution < 1.29 is 4.39 Å². The van der Waals surface area contributed by atoms with E-state index in [1.807, 2.05) is 60.7 Å². The van der Waals surface area contributed by atoms with Gasteiger partial charge in [-0.2, -0.15) is 5.10 Å². The molecule has 3 nitrogen and oxygen atoms in total. The molecule has 1 heterocycles. The minimum atomic E-state index is -0.294. The molecule has 0 amide bonds. The summed E-state index contributed by atoms with van der Waals surface area (Å²) in [4.78, 5) is 4.54. The zero-order valence-corrected chi connectivity index (χ0v) is 15.0. The van der Waals surface area contributed by atoms with Crippen LogP contribution in [0.4, 0.5) is 10.2 Å². The van der Waals surface area contributed by atoms with Crippen LogP contribution < -0.4 is 0 Å². The maximum atomic E-state index is 13.4. The van der Waals surface area contributed by atoms with Crippen LogP contribution in [-0.2, 0) is 0 Å². The lowest BCUT2D eigenvalue weighted by atomic mass is 10.1. The number of rotatable bonds is 4. The second kappa shape index (κ2) is 7.56. The van der Waals surface area contributed by atoms with E-state index in [1.165, 1.54) is 12.1 Å². The molecule has 1 aromatic heterocycles. The van der Waals surface area contributed by atoms with Gasteiger partial charge in [-0.3, -0.25) is 0 Å². The molecule has 4 rings (SSSR count). The SMILES string of the molecule is Fc1cccc(C=Nc2cc(-c3ccc(Cl)cc3)nn2-c2ccccc2)c1. The number of aromatic nitrogens is 2. The number of aliphatic imine (C=N–C) groups is 1. The van der Waals surface area contributed by atoms with Crippen LogP contribution in [-0.4, -0.2) is 16.0 Å². The molecule has 0 bridgehead atoms. The molecule has 0 radical (unpaired) electrons. The van der Waals surface area contributed by atoms with Gasteiger partial charge in [0.05, 0.1) is 11.4 Å². The lowest BCUT2D eigenvalue weighted by Crippen LogP contribution is -1.96. The fourth-order valence-corrected chi connectivity index (χ4v) is 2.84. The van der Waals surface area contributed by atoms with Gasteiger partial charge >= 0.3 is 0 Å². The van der Waals surface area contributed by atoms with E-state index in [1.54, 1.807) is 23.0 Å². The van der Waals surface area contributed by atoms with Crippen LogP contribution in [0.3, 0.4) is 0 Å². The molecule has 0 aliphatic rings. The molecule has 5 heteroatoms. The highest BCUT2D eigenvalue weighted by Crippen LogP contribution is 2.27. The fourth-order valence-electron chi connectivity index (χ4n) is 2.71.